The van der Waals surface area contributed by atoms with Crippen LogP contribution < -0.4 is 9.47 Å². The zero-order valence-corrected chi connectivity index (χ0v) is 15.3. The van der Waals surface area contributed by atoms with Crippen LogP contribution in [0.25, 0.3) is 22.4 Å². The van der Waals surface area contributed by atoms with E-state index in [4.69, 9.17) is 9.47 Å². The Morgan fingerprint density at radius 1 is 1.19 bits per heavy atom. The number of hydrogen-bond donors (Lipinski definition) is 0. The molecular formula is C19H18N2O4S. The molecule has 0 bridgehead atoms. The Labute approximate surface area is 154 Å². The minimum absolute atomic E-state index is 0.0474. The summed E-state index contributed by atoms with van der Waals surface area (Å²) in [4.78, 5) is 14.9. The Balaban J connectivity index is 1.85. The number of aromatic nitrogens is 1. The van der Waals surface area contributed by atoms with E-state index in [1.165, 1.54) is 23.5 Å². The second-order valence-electron chi connectivity index (χ2n) is 5.55. The summed E-state index contributed by atoms with van der Waals surface area (Å²) in [5, 5.41) is 11.7. The number of non-ortho nitro benzene ring substituents is 1. The van der Waals surface area contributed by atoms with Crippen LogP contribution >= 0.6 is 11.3 Å². The molecule has 0 saturated carbocycles. The molecule has 0 N–H and O–H groups in total. The Morgan fingerprint density at radius 3 is 2.77 bits per heavy atom. The second-order valence-corrected chi connectivity index (χ2v) is 6.62. The highest BCUT2D eigenvalue weighted by atomic mass is 32.1. The first-order valence-electron chi connectivity index (χ1n) is 8.14. The van der Waals surface area contributed by atoms with Crippen molar-refractivity contribution in [2.45, 2.75) is 13.3 Å². The number of nitro benzene ring substituents is 1. The number of nitrogens with zero attached hydrogens (tertiary/aromatic N) is 2. The summed E-state index contributed by atoms with van der Waals surface area (Å²) < 4.78 is 11.9. The molecule has 7 heteroatoms. The Bertz CT molecular complexity index is 965. The molecule has 2 aromatic carbocycles. The van der Waals surface area contributed by atoms with Gasteiger partial charge in [0.25, 0.3) is 5.69 Å². The standard InChI is InChI=1S/C19H18N2O4S/c1-3-10-25-17-11-13(4-7-16(17)24-2)5-9-19-20-15-12-14(21(22)23)6-8-18(15)26-19/h4-9,11-12H,3,10H2,1-2H3/b9-5+. The smallest absolute Gasteiger partial charge is 0.271 e. The zero-order chi connectivity index (χ0) is 18.5. The van der Waals surface area contributed by atoms with Crippen molar-refractivity contribution in [1.82, 2.24) is 4.98 Å². The fourth-order valence-electron chi connectivity index (χ4n) is 2.41. The van der Waals surface area contributed by atoms with Crippen LogP contribution in [0.15, 0.2) is 36.4 Å². The molecule has 0 fully saturated rings. The number of nitro groups is 1. The van der Waals surface area contributed by atoms with Crippen LogP contribution in [-0.4, -0.2) is 23.6 Å². The SMILES string of the molecule is CCCOc1cc(/C=C/c2nc3cc([N+](=O)[O-])ccc3s2)ccc1OC. The van der Waals surface area contributed by atoms with E-state index in [-0.39, 0.29) is 5.69 Å². The van der Waals surface area contributed by atoms with Crippen molar-refractivity contribution in [3.63, 3.8) is 0 Å². The van der Waals surface area contributed by atoms with Gasteiger partial charge in [-0.05, 0) is 36.3 Å². The molecule has 1 heterocycles. The van der Waals surface area contributed by atoms with E-state index in [0.29, 0.717) is 23.6 Å². The van der Waals surface area contributed by atoms with Crippen LogP contribution in [0.2, 0.25) is 0 Å². The summed E-state index contributed by atoms with van der Waals surface area (Å²) in [6, 6.07) is 10.4. The average molecular weight is 370 g/mol. The molecule has 0 aliphatic carbocycles. The number of hydrogen-bond acceptors (Lipinski definition) is 6. The van der Waals surface area contributed by atoms with Gasteiger partial charge < -0.3 is 9.47 Å². The number of ether oxygens (including phenoxy) is 2. The van der Waals surface area contributed by atoms with Gasteiger partial charge in [0, 0.05) is 12.1 Å². The van der Waals surface area contributed by atoms with Crippen molar-refractivity contribution >= 4 is 39.4 Å². The van der Waals surface area contributed by atoms with Crippen molar-refractivity contribution in [3.8, 4) is 11.5 Å². The summed E-state index contributed by atoms with van der Waals surface area (Å²) in [7, 11) is 1.62. The highest BCUT2D eigenvalue weighted by molar-refractivity contribution is 7.19. The third-order valence-corrected chi connectivity index (χ3v) is 4.67. The van der Waals surface area contributed by atoms with Gasteiger partial charge in [-0.1, -0.05) is 19.1 Å². The summed E-state index contributed by atoms with van der Waals surface area (Å²) in [6.07, 6.45) is 4.74. The fourth-order valence-corrected chi connectivity index (χ4v) is 3.26. The molecule has 3 aromatic rings. The topological polar surface area (TPSA) is 74.5 Å². The zero-order valence-electron chi connectivity index (χ0n) is 14.5. The molecule has 0 spiro atoms. The van der Waals surface area contributed by atoms with Gasteiger partial charge in [-0.3, -0.25) is 10.1 Å². The van der Waals surface area contributed by atoms with Crippen molar-refractivity contribution in [2.75, 3.05) is 13.7 Å². The monoisotopic (exact) mass is 370 g/mol. The Kier molecular flexibility index (Phi) is 5.48. The molecule has 3 rings (SSSR count). The third kappa shape index (κ3) is 4.00. The molecule has 0 radical (unpaired) electrons. The van der Waals surface area contributed by atoms with Crippen LogP contribution in [0.1, 0.15) is 23.9 Å². The van der Waals surface area contributed by atoms with Gasteiger partial charge >= 0.3 is 0 Å². The van der Waals surface area contributed by atoms with Crippen LogP contribution in [-0.2, 0) is 0 Å². The van der Waals surface area contributed by atoms with Crippen LogP contribution in [0, 0.1) is 10.1 Å². The molecule has 0 atom stereocenters. The first-order chi connectivity index (χ1) is 12.6. The fraction of sp³-hybridized carbons (Fsp3) is 0.211. The Morgan fingerprint density at radius 2 is 2.04 bits per heavy atom. The van der Waals surface area contributed by atoms with Gasteiger partial charge in [-0.2, -0.15) is 0 Å². The van der Waals surface area contributed by atoms with Gasteiger partial charge in [0.2, 0.25) is 0 Å². The third-order valence-electron chi connectivity index (χ3n) is 3.67. The molecule has 0 saturated heterocycles. The second kappa shape index (κ2) is 7.97. The average Bonchev–Trinajstić information content (AvgIpc) is 3.06. The molecule has 0 aliphatic heterocycles. The lowest BCUT2D eigenvalue weighted by atomic mass is 10.2. The number of fused-ring (bicyclic) bond motifs is 1. The van der Waals surface area contributed by atoms with Crippen molar-refractivity contribution in [1.29, 1.82) is 0 Å². The molecule has 0 unspecified atom stereocenters. The maximum absolute atomic E-state index is 10.9. The summed E-state index contributed by atoms with van der Waals surface area (Å²) >= 11 is 1.49. The highest BCUT2D eigenvalue weighted by Crippen LogP contribution is 2.30. The predicted molar refractivity (Wildman–Crippen MR) is 104 cm³/mol. The summed E-state index contributed by atoms with van der Waals surface area (Å²) in [6.45, 7) is 2.67. The minimum Gasteiger partial charge on any atom is -0.493 e. The van der Waals surface area contributed by atoms with E-state index in [0.717, 1.165) is 21.7 Å². The van der Waals surface area contributed by atoms with E-state index in [2.05, 4.69) is 4.98 Å². The molecule has 0 aliphatic rings. The predicted octanol–water partition coefficient (Wildman–Crippen LogP) is 5.17. The number of methoxy groups -OCH3 is 1. The lowest BCUT2D eigenvalue weighted by Crippen LogP contribution is -1.97. The summed E-state index contributed by atoms with van der Waals surface area (Å²) in [5.74, 6) is 1.40. The highest BCUT2D eigenvalue weighted by Gasteiger charge is 2.09. The van der Waals surface area contributed by atoms with E-state index >= 15 is 0 Å². The normalized spacial score (nSPS) is 11.2. The Hall–Kier alpha value is -2.93. The van der Waals surface area contributed by atoms with Gasteiger partial charge in [0.05, 0.1) is 28.9 Å². The largest absolute Gasteiger partial charge is 0.493 e. The molecule has 134 valence electrons. The van der Waals surface area contributed by atoms with Crippen molar-refractivity contribution in [3.05, 3.63) is 57.1 Å². The lowest BCUT2D eigenvalue weighted by Gasteiger charge is -2.10. The van der Waals surface area contributed by atoms with E-state index in [1.54, 1.807) is 13.2 Å². The van der Waals surface area contributed by atoms with E-state index < -0.39 is 4.92 Å². The van der Waals surface area contributed by atoms with E-state index in [1.807, 2.05) is 37.3 Å². The quantitative estimate of drug-likeness (QED) is 0.423. The van der Waals surface area contributed by atoms with Gasteiger partial charge in [-0.15, -0.1) is 11.3 Å². The number of thiazole rings is 1. The molecule has 0 amide bonds. The molecular weight excluding hydrogens is 352 g/mol. The maximum Gasteiger partial charge on any atom is 0.271 e. The van der Waals surface area contributed by atoms with Crippen LogP contribution in [0.4, 0.5) is 5.69 Å². The minimum atomic E-state index is -0.413. The molecule has 1 aromatic heterocycles. The molecule has 26 heavy (non-hydrogen) atoms. The van der Waals surface area contributed by atoms with Gasteiger partial charge in [0.15, 0.2) is 11.5 Å². The van der Waals surface area contributed by atoms with Crippen LogP contribution in [0.3, 0.4) is 0 Å². The first kappa shape index (κ1) is 17.9. The van der Waals surface area contributed by atoms with Gasteiger partial charge in [0.1, 0.15) is 5.01 Å². The van der Waals surface area contributed by atoms with Gasteiger partial charge in [-0.25, -0.2) is 4.98 Å². The number of rotatable bonds is 7. The summed E-state index contributed by atoms with van der Waals surface area (Å²) in [5.41, 5.74) is 1.64. The maximum atomic E-state index is 10.9. The lowest BCUT2D eigenvalue weighted by molar-refractivity contribution is -0.384. The van der Waals surface area contributed by atoms with Crippen molar-refractivity contribution < 1.29 is 14.4 Å². The van der Waals surface area contributed by atoms with Crippen LogP contribution in [0.5, 0.6) is 11.5 Å². The van der Waals surface area contributed by atoms with E-state index in [9.17, 15) is 10.1 Å². The van der Waals surface area contributed by atoms with Crippen molar-refractivity contribution in [2.24, 2.45) is 0 Å². The molecule has 6 nitrogen and oxygen atoms in total. The number of benzene rings is 2. The first-order valence-corrected chi connectivity index (χ1v) is 8.96.